The molecule has 0 spiro atoms. The Morgan fingerprint density at radius 3 is 2.11 bits per heavy atom. The van der Waals surface area contributed by atoms with Gasteiger partial charge in [0, 0.05) is 24.3 Å². The van der Waals surface area contributed by atoms with Crippen molar-refractivity contribution in [1.82, 2.24) is 4.90 Å². The van der Waals surface area contributed by atoms with Gasteiger partial charge in [-0.1, -0.05) is 48.5 Å². The minimum absolute atomic E-state index is 0.0344. The van der Waals surface area contributed by atoms with Gasteiger partial charge in [0.25, 0.3) is 23.3 Å². The monoisotopic (exact) mass is 364 g/mol. The van der Waals surface area contributed by atoms with Crippen molar-refractivity contribution in [3.05, 3.63) is 71.8 Å². The minimum Gasteiger partial charge on any atom is -0.507 e. The zero-order valence-corrected chi connectivity index (χ0v) is 14.2. The van der Waals surface area contributed by atoms with Crippen molar-refractivity contribution < 1.29 is 24.6 Å². The van der Waals surface area contributed by atoms with E-state index in [4.69, 9.17) is 0 Å². The predicted molar refractivity (Wildman–Crippen MR) is 96.5 cm³/mol. The van der Waals surface area contributed by atoms with Crippen LogP contribution in [0.1, 0.15) is 5.56 Å². The van der Waals surface area contributed by atoms with Crippen molar-refractivity contribution in [3.8, 4) is 0 Å². The summed E-state index contributed by atoms with van der Waals surface area (Å²) in [5.41, 5.74) is -2.39. The zero-order chi connectivity index (χ0) is 19.2. The fraction of sp³-hybridized carbons (Fsp3) is 0.150. The second-order valence-corrected chi connectivity index (χ2v) is 6.34. The van der Waals surface area contributed by atoms with Gasteiger partial charge in [0.2, 0.25) is 0 Å². The van der Waals surface area contributed by atoms with Gasteiger partial charge in [0.05, 0.1) is 0 Å². The maximum atomic E-state index is 13.2. The highest BCUT2D eigenvalue weighted by Gasteiger charge is 2.63. The molecule has 7 heteroatoms. The molecule has 7 nitrogen and oxygen atoms in total. The highest BCUT2D eigenvalue weighted by atomic mass is 16.3. The predicted octanol–water partition coefficient (Wildman–Crippen LogP) is 1.10. The number of ketones is 1. The molecule has 136 valence electrons. The first-order chi connectivity index (χ1) is 13.0. The number of benzene rings is 2. The standard InChI is InChI=1S/C20H16N2O5/c23-16(13-7-3-1-4-8-13)15-17(24)18(25)22-12-11-21(19(26)20(15,22)27)14-9-5-2-6-10-14/h1-10,23,27H,11-12H2/b16-15-. The van der Waals surface area contributed by atoms with Gasteiger partial charge < -0.3 is 15.1 Å². The van der Waals surface area contributed by atoms with Crippen molar-refractivity contribution in [2.75, 3.05) is 18.0 Å². The van der Waals surface area contributed by atoms with Gasteiger partial charge in [-0.2, -0.15) is 0 Å². The highest BCUT2D eigenvalue weighted by molar-refractivity contribution is 6.49. The highest BCUT2D eigenvalue weighted by Crippen LogP contribution is 2.39. The summed E-state index contributed by atoms with van der Waals surface area (Å²) < 4.78 is 0. The Morgan fingerprint density at radius 2 is 1.48 bits per heavy atom. The lowest BCUT2D eigenvalue weighted by Gasteiger charge is -2.41. The van der Waals surface area contributed by atoms with Gasteiger partial charge in [-0.15, -0.1) is 0 Å². The van der Waals surface area contributed by atoms with Gasteiger partial charge in [-0.05, 0) is 12.1 Å². The maximum absolute atomic E-state index is 13.2. The van der Waals surface area contributed by atoms with Crippen LogP contribution in [0.5, 0.6) is 0 Å². The summed E-state index contributed by atoms with van der Waals surface area (Å²) >= 11 is 0. The van der Waals surface area contributed by atoms with E-state index >= 15 is 0 Å². The second kappa shape index (κ2) is 6.07. The fourth-order valence-electron chi connectivity index (χ4n) is 3.51. The van der Waals surface area contributed by atoms with E-state index in [2.05, 4.69) is 0 Å². The molecule has 2 amide bonds. The van der Waals surface area contributed by atoms with Crippen LogP contribution in [0.3, 0.4) is 0 Å². The van der Waals surface area contributed by atoms with Gasteiger partial charge in [0.1, 0.15) is 11.3 Å². The number of amides is 2. The molecule has 0 radical (unpaired) electrons. The Hall–Kier alpha value is -3.45. The number of piperazine rings is 1. The van der Waals surface area contributed by atoms with Gasteiger partial charge in [0.15, 0.2) is 0 Å². The van der Waals surface area contributed by atoms with Gasteiger partial charge in [-0.25, -0.2) is 0 Å². The third kappa shape index (κ3) is 2.36. The average molecular weight is 364 g/mol. The Kier molecular flexibility index (Phi) is 3.82. The fourth-order valence-corrected chi connectivity index (χ4v) is 3.51. The molecule has 0 bridgehead atoms. The number of Topliss-reactive ketones (excluding diaryl/α,β-unsaturated/α-hetero) is 1. The van der Waals surface area contributed by atoms with Crippen LogP contribution in [0.4, 0.5) is 5.69 Å². The number of anilines is 1. The number of aliphatic hydroxyl groups excluding tert-OH is 1. The summed E-state index contributed by atoms with van der Waals surface area (Å²) in [6.45, 7) is 0.0941. The van der Waals surface area contributed by atoms with E-state index in [1.165, 1.54) is 17.0 Å². The second-order valence-electron chi connectivity index (χ2n) is 6.34. The van der Waals surface area contributed by atoms with Gasteiger partial charge >= 0.3 is 0 Å². The lowest BCUT2D eigenvalue weighted by molar-refractivity contribution is -0.161. The van der Waals surface area contributed by atoms with Crippen molar-refractivity contribution >= 4 is 29.0 Å². The largest absolute Gasteiger partial charge is 0.507 e. The van der Waals surface area contributed by atoms with Crippen LogP contribution < -0.4 is 4.90 Å². The Balaban J connectivity index is 1.87. The Morgan fingerprint density at radius 1 is 0.889 bits per heavy atom. The number of hydrogen-bond donors (Lipinski definition) is 2. The number of hydrogen-bond acceptors (Lipinski definition) is 5. The Labute approximate surface area is 154 Å². The number of carbonyl (C=O) groups excluding carboxylic acids is 3. The zero-order valence-electron chi connectivity index (χ0n) is 14.2. The molecule has 2 saturated heterocycles. The smallest absolute Gasteiger partial charge is 0.297 e. The number of rotatable bonds is 2. The number of aliphatic hydroxyl groups is 2. The molecule has 2 aliphatic rings. The summed E-state index contributed by atoms with van der Waals surface area (Å²) in [6.07, 6.45) is 0. The topological polar surface area (TPSA) is 98.2 Å². The summed E-state index contributed by atoms with van der Waals surface area (Å²) in [5, 5.41) is 21.9. The van der Waals surface area contributed by atoms with E-state index in [9.17, 15) is 24.6 Å². The van der Waals surface area contributed by atoms with E-state index in [0.29, 0.717) is 5.69 Å². The molecule has 1 atom stereocenters. The van der Waals surface area contributed by atoms with E-state index < -0.39 is 34.7 Å². The molecule has 2 aromatic rings. The molecule has 27 heavy (non-hydrogen) atoms. The summed E-state index contributed by atoms with van der Waals surface area (Å²) in [4.78, 5) is 40.2. The first kappa shape index (κ1) is 17.0. The average Bonchev–Trinajstić information content (AvgIpc) is 2.90. The lowest BCUT2D eigenvalue weighted by atomic mass is 9.95. The van der Waals surface area contributed by atoms with Crippen LogP contribution >= 0.6 is 0 Å². The number of nitrogens with zero attached hydrogens (tertiary/aromatic N) is 2. The lowest BCUT2D eigenvalue weighted by Crippen LogP contribution is -2.65. The third-order valence-corrected chi connectivity index (χ3v) is 4.85. The molecule has 2 N–H and O–H groups in total. The molecule has 2 heterocycles. The van der Waals surface area contributed by atoms with Gasteiger partial charge in [-0.3, -0.25) is 19.3 Å². The Bertz CT molecular complexity index is 970. The van der Waals surface area contributed by atoms with E-state index in [-0.39, 0.29) is 18.7 Å². The maximum Gasteiger partial charge on any atom is 0.297 e. The normalized spacial score (nSPS) is 24.3. The molecule has 0 aliphatic carbocycles. The first-order valence-corrected chi connectivity index (χ1v) is 8.41. The quantitative estimate of drug-likeness (QED) is 0.472. The summed E-state index contributed by atoms with van der Waals surface area (Å²) in [7, 11) is 0. The van der Waals surface area contributed by atoms with Crippen molar-refractivity contribution in [2.24, 2.45) is 0 Å². The summed E-state index contributed by atoms with van der Waals surface area (Å²) in [6, 6.07) is 16.7. The number of fused-ring (bicyclic) bond motifs is 1. The van der Waals surface area contributed by atoms with Crippen LogP contribution in [0.15, 0.2) is 66.2 Å². The molecule has 0 saturated carbocycles. The molecular weight excluding hydrogens is 348 g/mol. The third-order valence-electron chi connectivity index (χ3n) is 4.85. The molecule has 2 aromatic carbocycles. The SMILES string of the molecule is O=C1C(=O)N2CCN(c3ccccc3)C(=O)C2(O)/C1=C(\O)c1ccccc1. The molecule has 2 aliphatic heterocycles. The van der Waals surface area contributed by atoms with Crippen molar-refractivity contribution in [2.45, 2.75) is 5.72 Å². The van der Waals surface area contributed by atoms with Crippen molar-refractivity contribution in [3.63, 3.8) is 0 Å². The van der Waals surface area contributed by atoms with E-state index in [1.807, 2.05) is 0 Å². The number of carbonyl (C=O) groups is 3. The van der Waals surface area contributed by atoms with Crippen LogP contribution in [-0.2, 0) is 14.4 Å². The molecule has 1 unspecified atom stereocenters. The molecule has 0 aromatic heterocycles. The van der Waals surface area contributed by atoms with Crippen LogP contribution in [-0.4, -0.2) is 51.5 Å². The minimum atomic E-state index is -2.54. The number of para-hydroxylation sites is 1. The molecule has 4 rings (SSSR count). The first-order valence-electron chi connectivity index (χ1n) is 8.41. The molecular formula is C20H16N2O5. The van der Waals surface area contributed by atoms with Crippen molar-refractivity contribution in [1.29, 1.82) is 0 Å². The summed E-state index contributed by atoms with van der Waals surface area (Å²) in [5.74, 6) is -3.52. The van der Waals surface area contributed by atoms with Crippen LogP contribution in [0.2, 0.25) is 0 Å². The molecule has 2 fully saturated rings. The van der Waals surface area contributed by atoms with E-state index in [1.54, 1.807) is 48.5 Å². The van der Waals surface area contributed by atoms with Crippen LogP contribution in [0.25, 0.3) is 5.76 Å². The van der Waals surface area contributed by atoms with Crippen LogP contribution in [0, 0.1) is 0 Å². The van der Waals surface area contributed by atoms with E-state index in [0.717, 1.165) is 4.90 Å².